The molecule has 0 saturated heterocycles. The van der Waals surface area contributed by atoms with E-state index in [4.69, 9.17) is 10.00 Å². The van der Waals surface area contributed by atoms with Crippen LogP contribution in [0.4, 0.5) is 24.5 Å². The van der Waals surface area contributed by atoms with Crippen molar-refractivity contribution in [3.8, 4) is 6.07 Å². The van der Waals surface area contributed by atoms with Crippen LogP contribution in [-0.2, 0) is 17.5 Å². The van der Waals surface area contributed by atoms with Crippen LogP contribution in [0.25, 0.3) is 0 Å². The van der Waals surface area contributed by atoms with Gasteiger partial charge < -0.3 is 9.64 Å². The van der Waals surface area contributed by atoms with E-state index in [1.807, 2.05) is 18.2 Å². The molecule has 2 heterocycles. The highest BCUT2D eigenvalue weighted by Gasteiger charge is 2.32. The molecule has 1 saturated carbocycles. The summed E-state index contributed by atoms with van der Waals surface area (Å²) in [7, 11) is 1.61. The van der Waals surface area contributed by atoms with Crippen LogP contribution in [0.5, 0.6) is 0 Å². The van der Waals surface area contributed by atoms with Gasteiger partial charge >= 0.3 is 6.18 Å². The van der Waals surface area contributed by atoms with Gasteiger partial charge in [-0.2, -0.15) is 18.4 Å². The number of aromatic nitrogens is 2. The molecule has 176 valence electrons. The van der Waals surface area contributed by atoms with Crippen LogP contribution in [0.15, 0.2) is 61.1 Å². The molecule has 2 aromatic heterocycles. The minimum Gasteiger partial charge on any atom is -0.380 e. The molecule has 8 heteroatoms. The summed E-state index contributed by atoms with van der Waals surface area (Å²) in [5.74, 6) is 0.332. The minimum atomic E-state index is -4.38. The first-order chi connectivity index (χ1) is 16.4. The standard InChI is InChI=1S/C26H25F3N4O/c1-34-17-20-12-13-31-16-25(20)33(24-10-5-21(6-11-24)26(27,28)29)23-8-3-18(4-9-23)19-2-7-22(14-30)32-15-19/h2,5-7,10-13,15-16,18,23H,3-4,8-9,17H2,1H3. The predicted molar refractivity (Wildman–Crippen MR) is 122 cm³/mol. The van der Waals surface area contributed by atoms with Crippen molar-refractivity contribution >= 4 is 11.4 Å². The molecule has 0 amide bonds. The number of halogens is 3. The van der Waals surface area contributed by atoms with Gasteiger partial charge in [-0.25, -0.2) is 4.98 Å². The number of pyridine rings is 2. The number of benzene rings is 1. The summed E-state index contributed by atoms with van der Waals surface area (Å²) < 4.78 is 44.8. The van der Waals surface area contributed by atoms with E-state index in [0.717, 1.165) is 54.6 Å². The van der Waals surface area contributed by atoms with Crippen molar-refractivity contribution in [2.24, 2.45) is 0 Å². The van der Waals surface area contributed by atoms with E-state index in [0.29, 0.717) is 23.9 Å². The zero-order valence-electron chi connectivity index (χ0n) is 18.8. The average Bonchev–Trinajstić information content (AvgIpc) is 2.86. The number of nitriles is 1. The Balaban J connectivity index is 1.62. The molecular weight excluding hydrogens is 441 g/mol. The molecule has 0 bridgehead atoms. The second-order valence-electron chi connectivity index (χ2n) is 8.45. The summed E-state index contributed by atoms with van der Waals surface area (Å²) in [4.78, 5) is 10.6. The van der Waals surface area contributed by atoms with Gasteiger partial charge in [0.15, 0.2) is 0 Å². The van der Waals surface area contributed by atoms with Crippen molar-refractivity contribution in [1.29, 1.82) is 5.26 Å². The van der Waals surface area contributed by atoms with E-state index in [1.54, 1.807) is 31.8 Å². The molecular formula is C26H25F3N4O. The van der Waals surface area contributed by atoms with Crippen LogP contribution in [0.1, 0.15) is 54.0 Å². The lowest BCUT2D eigenvalue weighted by atomic mass is 9.81. The maximum Gasteiger partial charge on any atom is 0.416 e. The zero-order valence-corrected chi connectivity index (χ0v) is 18.8. The number of rotatable bonds is 6. The number of methoxy groups -OCH3 is 1. The number of ether oxygens (including phenoxy) is 1. The molecule has 1 fully saturated rings. The number of anilines is 2. The van der Waals surface area contributed by atoms with Crippen LogP contribution in [0.3, 0.4) is 0 Å². The first kappa shape index (κ1) is 23.7. The Morgan fingerprint density at radius 3 is 2.35 bits per heavy atom. The number of alkyl halides is 3. The highest BCUT2D eigenvalue weighted by Crippen LogP contribution is 2.41. The SMILES string of the molecule is COCc1ccncc1N(c1ccc(C(F)(F)F)cc1)C1CCC(c2ccc(C#N)nc2)CC1. The number of nitrogens with zero attached hydrogens (tertiary/aromatic N) is 4. The fourth-order valence-electron chi connectivity index (χ4n) is 4.65. The quantitative estimate of drug-likeness (QED) is 0.422. The van der Waals surface area contributed by atoms with Crippen molar-refractivity contribution in [3.63, 3.8) is 0 Å². The molecule has 0 spiro atoms. The molecule has 0 unspecified atom stereocenters. The molecule has 1 aromatic carbocycles. The lowest BCUT2D eigenvalue weighted by Crippen LogP contribution is -2.35. The third-order valence-corrected chi connectivity index (χ3v) is 6.35. The first-order valence-electron chi connectivity index (χ1n) is 11.1. The van der Waals surface area contributed by atoms with Gasteiger partial charge in [-0.1, -0.05) is 6.07 Å². The lowest BCUT2D eigenvalue weighted by Gasteiger charge is -2.39. The molecule has 4 rings (SSSR count). The van der Waals surface area contributed by atoms with Gasteiger partial charge in [-0.05, 0) is 73.6 Å². The zero-order chi connectivity index (χ0) is 24.1. The molecule has 1 aliphatic rings. The Bertz CT molecular complexity index is 1130. The lowest BCUT2D eigenvalue weighted by molar-refractivity contribution is -0.137. The number of hydrogen-bond donors (Lipinski definition) is 0. The van der Waals surface area contributed by atoms with Crippen molar-refractivity contribution in [1.82, 2.24) is 9.97 Å². The molecule has 0 radical (unpaired) electrons. The highest BCUT2D eigenvalue weighted by molar-refractivity contribution is 5.67. The van der Waals surface area contributed by atoms with Crippen molar-refractivity contribution in [3.05, 3.63) is 83.4 Å². The van der Waals surface area contributed by atoms with E-state index in [2.05, 4.69) is 14.9 Å². The predicted octanol–water partition coefficient (Wildman–Crippen LogP) is 6.38. The second-order valence-corrected chi connectivity index (χ2v) is 8.45. The van der Waals surface area contributed by atoms with Crippen molar-refractivity contribution in [2.45, 2.75) is 50.4 Å². The van der Waals surface area contributed by atoms with E-state index in [1.165, 1.54) is 12.1 Å². The van der Waals surface area contributed by atoms with E-state index in [9.17, 15) is 13.2 Å². The largest absolute Gasteiger partial charge is 0.416 e. The summed E-state index contributed by atoms with van der Waals surface area (Å²) in [5.41, 5.74) is 3.30. The minimum absolute atomic E-state index is 0.0964. The average molecular weight is 467 g/mol. The molecule has 0 atom stereocenters. The smallest absolute Gasteiger partial charge is 0.380 e. The van der Waals surface area contributed by atoms with E-state index in [-0.39, 0.29) is 6.04 Å². The van der Waals surface area contributed by atoms with Crippen molar-refractivity contribution in [2.75, 3.05) is 12.0 Å². The first-order valence-corrected chi connectivity index (χ1v) is 11.1. The maximum absolute atomic E-state index is 13.2. The Morgan fingerprint density at radius 2 is 1.76 bits per heavy atom. The van der Waals surface area contributed by atoms with Gasteiger partial charge in [0.05, 0.1) is 24.1 Å². The van der Waals surface area contributed by atoms with Gasteiger partial charge in [0.2, 0.25) is 0 Å². The maximum atomic E-state index is 13.2. The molecule has 0 N–H and O–H groups in total. The summed E-state index contributed by atoms with van der Waals surface area (Å²) in [6.45, 7) is 0.376. The molecule has 1 aliphatic carbocycles. The Hall–Kier alpha value is -3.44. The van der Waals surface area contributed by atoms with Crippen LogP contribution in [-0.4, -0.2) is 23.1 Å². The fraction of sp³-hybridized carbons (Fsp3) is 0.346. The number of hydrogen-bond acceptors (Lipinski definition) is 5. The molecule has 0 aliphatic heterocycles. The van der Waals surface area contributed by atoms with E-state index < -0.39 is 11.7 Å². The third kappa shape index (κ3) is 5.20. The Morgan fingerprint density at radius 1 is 1.03 bits per heavy atom. The normalized spacial score (nSPS) is 18.3. The molecule has 3 aromatic rings. The third-order valence-electron chi connectivity index (χ3n) is 6.35. The van der Waals surface area contributed by atoms with Crippen LogP contribution >= 0.6 is 0 Å². The van der Waals surface area contributed by atoms with Crippen molar-refractivity contribution < 1.29 is 17.9 Å². The monoisotopic (exact) mass is 466 g/mol. The highest BCUT2D eigenvalue weighted by atomic mass is 19.4. The molecule has 5 nitrogen and oxygen atoms in total. The summed E-state index contributed by atoms with van der Waals surface area (Å²) in [6, 6.07) is 13.0. The van der Waals surface area contributed by atoms with E-state index >= 15 is 0 Å². The topological polar surface area (TPSA) is 62.0 Å². The second kappa shape index (κ2) is 10.2. The van der Waals surface area contributed by atoms with Crippen LogP contribution in [0.2, 0.25) is 0 Å². The van der Waals surface area contributed by atoms with Gasteiger partial charge in [0.1, 0.15) is 11.8 Å². The van der Waals surface area contributed by atoms with Gasteiger partial charge in [-0.3, -0.25) is 4.98 Å². The fourth-order valence-corrected chi connectivity index (χ4v) is 4.65. The molecule has 34 heavy (non-hydrogen) atoms. The van der Waals surface area contributed by atoms with Crippen LogP contribution in [0, 0.1) is 11.3 Å². The summed E-state index contributed by atoms with van der Waals surface area (Å²) in [6.07, 6.45) is 4.37. The summed E-state index contributed by atoms with van der Waals surface area (Å²) in [5, 5.41) is 8.98. The van der Waals surface area contributed by atoms with Gasteiger partial charge in [0.25, 0.3) is 0 Å². The Kier molecular flexibility index (Phi) is 7.13. The summed E-state index contributed by atoms with van der Waals surface area (Å²) >= 11 is 0. The van der Waals surface area contributed by atoms with Crippen LogP contribution < -0.4 is 4.90 Å². The van der Waals surface area contributed by atoms with Gasteiger partial charge in [0, 0.05) is 36.8 Å². The van der Waals surface area contributed by atoms with Gasteiger partial charge in [-0.15, -0.1) is 0 Å². The Labute approximate surface area is 196 Å².